The topological polar surface area (TPSA) is 58.9 Å². The molecule has 0 spiro atoms. The fraction of sp³-hybridized carbons (Fsp3) is 0.500. The van der Waals surface area contributed by atoms with Crippen LogP contribution in [0, 0.1) is 0 Å². The Hall–Kier alpha value is -2.31. The van der Waals surface area contributed by atoms with Gasteiger partial charge in [0.2, 0.25) is 0 Å². The number of para-hydroxylation sites is 1. The molecule has 3 aromatic rings. The first-order valence-electron chi connectivity index (χ1n) is 10.5. The van der Waals surface area contributed by atoms with Crippen LogP contribution in [0.4, 0.5) is 0 Å². The van der Waals surface area contributed by atoms with Gasteiger partial charge in [-0.05, 0) is 76.5 Å². The molecule has 0 unspecified atom stereocenters. The number of fused-ring (bicyclic) bond motifs is 1. The maximum atomic E-state index is 5.06. The van der Waals surface area contributed by atoms with Gasteiger partial charge in [0.05, 0.1) is 35.2 Å². The average molecular weight is 377 g/mol. The molecule has 1 aromatic carbocycles. The molecule has 2 aliphatic rings. The highest BCUT2D eigenvalue weighted by molar-refractivity contribution is 5.80. The van der Waals surface area contributed by atoms with E-state index >= 15 is 0 Å². The zero-order valence-corrected chi connectivity index (χ0v) is 16.5. The second-order valence-corrected chi connectivity index (χ2v) is 8.24. The number of hydrogen-bond donors (Lipinski definition) is 1. The van der Waals surface area contributed by atoms with Crippen molar-refractivity contribution in [1.82, 2.24) is 30.0 Å². The molecule has 146 valence electrons. The number of nitrogens with zero attached hydrogens (tertiary/aromatic N) is 5. The number of benzene rings is 1. The minimum Gasteiger partial charge on any atom is -0.317 e. The lowest BCUT2D eigenvalue weighted by Gasteiger charge is -2.29. The summed E-state index contributed by atoms with van der Waals surface area (Å²) >= 11 is 0. The maximum absolute atomic E-state index is 5.06. The molecule has 6 nitrogen and oxygen atoms in total. The third-order valence-corrected chi connectivity index (χ3v) is 6.34. The van der Waals surface area contributed by atoms with Crippen molar-refractivity contribution in [3.8, 4) is 11.3 Å². The van der Waals surface area contributed by atoms with Gasteiger partial charge < -0.3 is 10.2 Å². The molecule has 2 aliphatic heterocycles. The first-order chi connectivity index (χ1) is 13.8. The zero-order chi connectivity index (χ0) is 18.9. The van der Waals surface area contributed by atoms with Crippen molar-refractivity contribution in [2.45, 2.75) is 37.6 Å². The smallest absolute Gasteiger partial charge is 0.0929 e. The van der Waals surface area contributed by atoms with Gasteiger partial charge in [0.25, 0.3) is 0 Å². The van der Waals surface area contributed by atoms with E-state index in [-0.39, 0.29) is 0 Å². The van der Waals surface area contributed by atoms with E-state index in [1.54, 1.807) is 0 Å². The standard InChI is InChI=1S/C22H28N6/c1-27-11-7-16(8-12-27)19-3-2-4-20-22(19)26-21(14-24-20)17-13-25-28(15-17)18-5-9-23-10-6-18/h2-4,13-16,18,23H,5-12H2,1H3. The Balaban J connectivity index is 1.47. The Labute approximate surface area is 166 Å². The van der Waals surface area contributed by atoms with Gasteiger partial charge in [-0.1, -0.05) is 12.1 Å². The van der Waals surface area contributed by atoms with Gasteiger partial charge in [0, 0.05) is 11.8 Å². The Bertz CT molecular complexity index is 951. The minimum absolute atomic E-state index is 0.484. The van der Waals surface area contributed by atoms with Gasteiger partial charge in [-0.25, -0.2) is 4.98 Å². The van der Waals surface area contributed by atoms with Crippen LogP contribution in [-0.2, 0) is 0 Å². The van der Waals surface area contributed by atoms with Crippen LogP contribution >= 0.6 is 0 Å². The molecule has 2 aromatic heterocycles. The summed E-state index contributed by atoms with van der Waals surface area (Å²) in [5.74, 6) is 0.571. The van der Waals surface area contributed by atoms with Crippen LogP contribution in [0.1, 0.15) is 43.2 Å². The predicted octanol–water partition coefficient (Wildman–Crippen LogP) is 3.23. The van der Waals surface area contributed by atoms with Crippen molar-refractivity contribution < 1.29 is 0 Å². The third kappa shape index (κ3) is 3.42. The Morgan fingerprint density at radius 2 is 1.86 bits per heavy atom. The molecule has 0 aliphatic carbocycles. The summed E-state index contributed by atoms with van der Waals surface area (Å²) in [5.41, 5.74) is 5.39. The Kier molecular flexibility index (Phi) is 4.82. The second kappa shape index (κ2) is 7.60. The SMILES string of the molecule is CN1CCC(c2cccc3ncc(-c4cnn(C5CCNCC5)c4)nc23)CC1. The predicted molar refractivity (Wildman–Crippen MR) is 111 cm³/mol. The summed E-state index contributed by atoms with van der Waals surface area (Å²) in [7, 11) is 2.21. The van der Waals surface area contributed by atoms with Crippen LogP contribution in [0.15, 0.2) is 36.8 Å². The number of aromatic nitrogens is 4. The molecular weight excluding hydrogens is 348 g/mol. The lowest BCUT2D eigenvalue weighted by atomic mass is 9.88. The molecule has 2 saturated heterocycles. The van der Waals surface area contributed by atoms with Crippen LogP contribution < -0.4 is 5.32 Å². The number of likely N-dealkylation sites (tertiary alicyclic amines) is 1. The molecule has 1 N–H and O–H groups in total. The van der Waals surface area contributed by atoms with E-state index in [1.165, 1.54) is 18.4 Å². The van der Waals surface area contributed by atoms with Crippen molar-refractivity contribution in [3.05, 3.63) is 42.4 Å². The average Bonchev–Trinajstić information content (AvgIpc) is 3.25. The lowest BCUT2D eigenvalue weighted by molar-refractivity contribution is 0.256. The van der Waals surface area contributed by atoms with Gasteiger partial charge in [-0.2, -0.15) is 5.10 Å². The normalized spacial score (nSPS) is 20.0. The number of hydrogen-bond acceptors (Lipinski definition) is 5. The van der Waals surface area contributed by atoms with E-state index in [2.05, 4.69) is 51.4 Å². The molecule has 0 radical (unpaired) electrons. The summed E-state index contributed by atoms with van der Waals surface area (Å²) < 4.78 is 2.12. The molecule has 0 atom stereocenters. The van der Waals surface area contributed by atoms with Crippen molar-refractivity contribution >= 4 is 11.0 Å². The van der Waals surface area contributed by atoms with Crippen LogP contribution in [0.5, 0.6) is 0 Å². The van der Waals surface area contributed by atoms with Crippen molar-refractivity contribution in [1.29, 1.82) is 0 Å². The van der Waals surface area contributed by atoms with E-state index in [4.69, 9.17) is 9.97 Å². The van der Waals surface area contributed by atoms with Crippen molar-refractivity contribution in [2.24, 2.45) is 0 Å². The molecular formula is C22H28N6. The highest BCUT2D eigenvalue weighted by Crippen LogP contribution is 2.32. The van der Waals surface area contributed by atoms with E-state index in [1.807, 2.05) is 12.4 Å². The Morgan fingerprint density at radius 1 is 1.04 bits per heavy atom. The molecule has 4 heterocycles. The summed E-state index contributed by atoms with van der Waals surface area (Å²) in [6.07, 6.45) is 10.6. The molecule has 2 fully saturated rings. The van der Waals surface area contributed by atoms with E-state index in [0.717, 1.165) is 61.3 Å². The molecule has 5 rings (SSSR count). The largest absolute Gasteiger partial charge is 0.317 e. The van der Waals surface area contributed by atoms with Gasteiger partial charge in [-0.3, -0.25) is 9.67 Å². The number of nitrogens with one attached hydrogen (secondary N) is 1. The first-order valence-corrected chi connectivity index (χ1v) is 10.5. The minimum atomic E-state index is 0.484. The fourth-order valence-corrected chi connectivity index (χ4v) is 4.58. The van der Waals surface area contributed by atoms with E-state index in [9.17, 15) is 0 Å². The fourth-order valence-electron chi connectivity index (χ4n) is 4.58. The van der Waals surface area contributed by atoms with Gasteiger partial charge >= 0.3 is 0 Å². The molecule has 0 amide bonds. The summed E-state index contributed by atoms with van der Waals surface area (Å²) in [4.78, 5) is 12.2. The summed E-state index contributed by atoms with van der Waals surface area (Å²) in [5, 5.41) is 8.05. The highest BCUT2D eigenvalue weighted by Gasteiger charge is 2.22. The van der Waals surface area contributed by atoms with Crippen molar-refractivity contribution in [3.63, 3.8) is 0 Å². The van der Waals surface area contributed by atoms with Gasteiger partial charge in [0.1, 0.15) is 0 Å². The molecule has 6 heteroatoms. The third-order valence-electron chi connectivity index (χ3n) is 6.34. The van der Waals surface area contributed by atoms with Crippen LogP contribution in [0.2, 0.25) is 0 Å². The summed E-state index contributed by atoms with van der Waals surface area (Å²) in [6.45, 7) is 4.43. The number of piperidine rings is 2. The Morgan fingerprint density at radius 3 is 2.68 bits per heavy atom. The molecule has 0 bridgehead atoms. The lowest BCUT2D eigenvalue weighted by Crippen LogP contribution is -2.29. The van der Waals surface area contributed by atoms with Gasteiger partial charge in [-0.15, -0.1) is 0 Å². The molecule has 28 heavy (non-hydrogen) atoms. The van der Waals surface area contributed by atoms with Crippen LogP contribution in [0.3, 0.4) is 0 Å². The second-order valence-electron chi connectivity index (χ2n) is 8.24. The summed E-state index contributed by atoms with van der Waals surface area (Å²) in [6, 6.07) is 6.93. The van der Waals surface area contributed by atoms with E-state index < -0.39 is 0 Å². The number of rotatable bonds is 3. The first kappa shape index (κ1) is 17.8. The molecule has 0 saturated carbocycles. The van der Waals surface area contributed by atoms with Crippen LogP contribution in [0.25, 0.3) is 22.3 Å². The quantitative estimate of drug-likeness (QED) is 0.761. The highest BCUT2D eigenvalue weighted by atomic mass is 15.3. The van der Waals surface area contributed by atoms with Crippen molar-refractivity contribution in [2.75, 3.05) is 33.2 Å². The maximum Gasteiger partial charge on any atom is 0.0929 e. The zero-order valence-electron chi connectivity index (χ0n) is 16.5. The van der Waals surface area contributed by atoms with Crippen LogP contribution in [-0.4, -0.2) is 57.9 Å². The van der Waals surface area contributed by atoms with Gasteiger partial charge in [0.15, 0.2) is 0 Å². The monoisotopic (exact) mass is 376 g/mol. The van der Waals surface area contributed by atoms with E-state index in [0.29, 0.717) is 12.0 Å².